The summed E-state index contributed by atoms with van der Waals surface area (Å²) in [6.45, 7) is 0.747. The molecule has 2 atom stereocenters. The molecule has 0 saturated carbocycles. The van der Waals surface area contributed by atoms with Gasteiger partial charge in [-0.1, -0.05) is 0 Å². The fourth-order valence-electron chi connectivity index (χ4n) is 1.41. The Morgan fingerprint density at radius 1 is 1.53 bits per heavy atom. The minimum atomic E-state index is -0.940. The van der Waals surface area contributed by atoms with Crippen LogP contribution in [0.15, 0.2) is 0 Å². The Morgan fingerprint density at radius 3 is 2.87 bits per heavy atom. The van der Waals surface area contributed by atoms with E-state index in [4.69, 9.17) is 14.6 Å². The zero-order chi connectivity index (χ0) is 11.3. The molecule has 1 rings (SSSR count). The Hall–Kier alpha value is -1.14. The number of carbonyl (C=O) groups is 2. The first-order valence-electron chi connectivity index (χ1n) is 4.74. The van der Waals surface area contributed by atoms with Crippen LogP contribution in [-0.4, -0.2) is 50.0 Å². The lowest BCUT2D eigenvalue weighted by Gasteiger charge is -2.15. The molecule has 0 aromatic rings. The van der Waals surface area contributed by atoms with Crippen molar-refractivity contribution in [2.24, 2.45) is 5.92 Å². The molecule has 0 aliphatic carbocycles. The molecule has 0 aromatic carbocycles. The first kappa shape index (κ1) is 11.9. The lowest BCUT2D eigenvalue weighted by Crippen LogP contribution is -2.42. The molecule has 86 valence electrons. The van der Waals surface area contributed by atoms with Gasteiger partial charge < -0.3 is 19.9 Å². The van der Waals surface area contributed by atoms with Gasteiger partial charge in [-0.3, -0.25) is 9.59 Å². The van der Waals surface area contributed by atoms with Crippen LogP contribution >= 0.6 is 0 Å². The molecule has 2 unspecified atom stereocenters. The van der Waals surface area contributed by atoms with Crippen LogP contribution < -0.4 is 5.32 Å². The highest BCUT2D eigenvalue weighted by Gasteiger charge is 2.34. The predicted molar refractivity (Wildman–Crippen MR) is 50.4 cm³/mol. The lowest BCUT2D eigenvalue weighted by atomic mass is 10.0. The van der Waals surface area contributed by atoms with E-state index in [2.05, 4.69) is 5.32 Å². The molecule has 1 amide bonds. The van der Waals surface area contributed by atoms with E-state index in [0.717, 1.165) is 0 Å². The zero-order valence-electron chi connectivity index (χ0n) is 8.56. The van der Waals surface area contributed by atoms with Crippen LogP contribution in [0.25, 0.3) is 0 Å². The Labute approximate surface area is 87.5 Å². The average Bonchev–Trinajstić information content (AvgIpc) is 2.62. The van der Waals surface area contributed by atoms with Crippen molar-refractivity contribution in [2.45, 2.75) is 12.5 Å². The van der Waals surface area contributed by atoms with Crippen LogP contribution in [0, 0.1) is 5.92 Å². The summed E-state index contributed by atoms with van der Waals surface area (Å²) in [5, 5.41) is 11.4. The molecular weight excluding hydrogens is 202 g/mol. The summed E-state index contributed by atoms with van der Waals surface area (Å²) >= 11 is 0. The van der Waals surface area contributed by atoms with E-state index in [1.807, 2.05) is 0 Å². The normalized spacial score (nSPS) is 25.1. The van der Waals surface area contributed by atoms with Crippen LogP contribution in [0.4, 0.5) is 0 Å². The summed E-state index contributed by atoms with van der Waals surface area (Å²) in [7, 11) is 1.51. The fraction of sp³-hybridized carbons (Fsp3) is 0.778. The Balaban J connectivity index is 2.36. The first-order valence-corrected chi connectivity index (χ1v) is 4.74. The number of nitrogens with one attached hydrogen (secondary N) is 1. The molecule has 1 saturated heterocycles. The number of carboxylic acids is 1. The third-order valence-electron chi connectivity index (χ3n) is 2.28. The average molecular weight is 217 g/mol. The quantitative estimate of drug-likeness (QED) is 0.632. The Kier molecular flexibility index (Phi) is 4.51. The van der Waals surface area contributed by atoms with Gasteiger partial charge in [0.15, 0.2) is 0 Å². The molecule has 2 N–H and O–H groups in total. The number of amides is 1. The Morgan fingerprint density at radius 2 is 2.27 bits per heavy atom. The van der Waals surface area contributed by atoms with Gasteiger partial charge in [0.05, 0.1) is 25.9 Å². The molecule has 1 fully saturated rings. The smallest absolute Gasteiger partial charge is 0.311 e. The highest BCUT2D eigenvalue weighted by molar-refractivity contribution is 5.78. The largest absolute Gasteiger partial charge is 0.481 e. The van der Waals surface area contributed by atoms with E-state index in [-0.39, 0.29) is 25.5 Å². The van der Waals surface area contributed by atoms with E-state index < -0.39 is 17.9 Å². The molecule has 0 aromatic heterocycles. The minimum absolute atomic E-state index is 0.157. The number of carboxylic acid groups (broad SMARTS) is 1. The second-order valence-corrected chi connectivity index (χ2v) is 3.40. The summed E-state index contributed by atoms with van der Waals surface area (Å²) in [5.74, 6) is -1.79. The van der Waals surface area contributed by atoms with Crippen molar-refractivity contribution >= 4 is 11.9 Å². The molecule has 0 radical (unpaired) electrons. The maximum Gasteiger partial charge on any atom is 0.311 e. The van der Waals surface area contributed by atoms with Gasteiger partial charge in [0.25, 0.3) is 0 Å². The summed E-state index contributed by atoms with van der Waals surface area (Å²) in [6, 6.07) is -0.424. The molecule has 1 heterocycles. The number of aliphatic carboxylic acids is 1. The highest BCUT2D eigenvalue weighted by atomic mass is 16.5. The standard InChI is InChI=1S/C9H15NO5/c1-14-3-2-8(11)10-7-5-15-4-6(7)9(12)13/h6-7H,2-5H2,1H3,(H,10,11)(H,12,13). The number of hydrogen-bond acceptors (Lipinski definition) is 4. The first-order chi connectivity index (χ1) is 7.15. The van der Waals surface area contributed by atoms with Gasteiger partial charge in [-0.25, -0.2) is 0 Å². The molecule has 6 heteroatoms. The van der Waals surface area contributed by atoms with E-state index in [0.29, 0.717) is 6.61 Å². The summed E-state index contributed by atoms with van der Waals surface area (Å²) < 4.78 is 9.75. The highest BCUT2D eigenvalue weighted by Crippen LogP contribution is 2.13. The predicted octanol–water partition coefficient (Wildman–Crippen LogP) is -0.761. The van der Waals surface area contributed by atoms with Crippen molar-refractivity contribution in [1.82, 2.24) is 5.32 Å². The van der Waals surface area contributed by atoms with Crippen LogP contribution in [0.5, 0.6) is 0 Å². The molecule has 0 spiro atoms. The van der Waals surface area contributed by atoms with Gasteiger partial charge in [-0.15, -0.1) is 0 Å². The van der Waals surface area contributed by atoms with Crippen molar-refractivity contribution < 1.29 is 24.2 Å². The number of rotatable bonds is 5. The van der Waals surface area contributed by atoms with Gasteiger partial charge in [0.2, 0.25) is 5.91 Å². The fourth-order valence-corrected chi connectivity index (χ4v) is 1.41. The van der Waals surface area contributed by atoms with Gasteiger partial charge in [-0.05, 0) is 0 Å². The molecular formula is C9H15NO5. The zero-order valence-corrected chi connectivity index (χ0v) is 8.56. The molecule has 1 aliphatic heterocycles. The van der Waals surface area contributed by atoms with Gasteiger partial charge >= 0.3 is 5.97 Å². The number of carbonyl (C=O) groups excluding carboxylic acids is 1. The summed E-state index contributed by atoms with van der Waals surface area (Å²) in [6.07, 6.45) is 0.235. The van der Waals surface area contributed by atoms with Crippen molar-refractivity contribution in [1.29, 1.82) is 0 Å². The van der Waals surface area contributed by atoms with E-state index in [9.17, 15) is 9.59 Å². The second kappa shape index (κ2) is 5.67. The van der Waals surface area contributed by atoms with Crippen molar-refractivity contribution in [3.8, 4) is 0 Å². The Bertz CT molecular complexity index is 243. The summed E-state index contributed by atoms with van der Waals surface area (Å²) in [4.78, 5) is 22.0. The van der Waals surface area contributed by atoms with Crippen LogP contribution in [-0.2, 0) is 19.1 Å². The third kappa shape index (κ3) is 3.49. The van der Waals surface area contributed by atoms with Crippen molar-refractivity contribution in [3.63, 3.8) is 0 Å². The maximum atomic E-state index is 11.3. The summed E-state index contributed by atoms with van der Waals surface area (Å²) in [5.41, 5.74) is 0. The number of methoxy groups -OCH3 is 1. The molecule has 1 aliphatic rings. The van der Waals surface area contributed by atoms with Gasteiger partial charge in [0, 0.05) is 13.5 Å². The molecule has 0 bridgehead atoms. The lowest BCUT2D eigenvalue weighted by molar-refractivity contribution is -0.142. The maximum absolute atomic E-state index is 11.3. The minimum Gasteiger partial charge on any atom is -0.481 e. The molecule has 15 heavy (non-hydrogen) atoms. The van der Waals surface area contributed by atoms with E-state index in [1.54, 1.807) is 0 Å². The SMILES string of the molecule is COCCC(=O)NC1COCC1C(=O)O. The second-order valence-electron chi connectivity index (χ2n) is 3.40. The van der Waals surface area contributed by atoms with E-state index in [1.165, 1.54) is 7.11 Å². The van der Waals surface area contributed by atoms with E-state index >= 15 is 0 Å². The number of ether oxygens (including phenoxy) is 2. The monoisotopic (exact) mass is 217 g/mol. The molecule has 6 nitrogen and oxygen atoms in total. The van der Waals surface area contributed by atoms with Crippen LogP contribution in [0.3, 0.4) is 0 Å². The van der Waals surface area contributed by atoms with Crippen molar-refractivity contribution in [2.75, 3.05) is 26.9 Å². The van der Waals surface area contributed by atoms with Crippen LogP contribution in [0.1, 0.15) is 6.42 Å². The van der Waals surface area contributed by atoms with Gasteiger partial charge in [0.1, 0.15) is 5.92 Å². The topological polar surface area (TPSA) is 84.9 Å². The van der Waals surface area contributed by atoms with Crippen LogP contribution in [0.2, 0.25) is 0 Å². The van der Waals surface area contributed by atoms with Gasteiger partial charge in [-0.2, -0.15) is 0 Å². The van der Waals surface area contributed by atoms with Crippen molar-refractivity contribution in [3.05, 3.63) is 0 Å². The number of hydrogen-bond donors (Lipinski definition) is 2. The third-order valence-corrected chi connectivity index (χ3v) is 2.28.